The number of nitrogen functional groups attached to an aromatic ring is 1. The van der Waals surface area contributed by atoms with Crippen molar-refractivity contribution in [3.8, 4) is 11.5 Å². The van der Waals surface area contributed by atoms with Crippen LogP contribution in [0, 0.1) is 0 Å². The molecule has 0 fully saturated rings. The van der Waals surface area contributed by atoms with Crippen LogP contribution in [0.25, 0.3) is 10.2 Å². The van der Waals surface area contributed by atoms with Gasteiger partial charge < -0.3 is 20.5 Å². The molecule has 0 spiro atoms. The van der Waals surface area contributed by atoms with E-state index in [1.165, 1.54) is 11.3 Å². The van der Waals surface area contributed by atoms with Crippen LogP contribution >= 0.6 is 11.3 Å². The van der Waals surface area contributed by atoms with E-state index in [9.17, 15) is 4.79 Å². The summed E-state index contributed by atoms with van der Waals surface area (Å²) in [5.41, 5.74) is 8.18. The summed E-state index contributed by atoms with van der Waals surface area (Å²) in [5.74, 6) is 1.20. The second-order valence-electron chi connectivity index (χ2n) is 6.14. The molecule has 0 saturated heterocycles. The van der Waals surface area contributed by atoms with Crippen molar-refractivity contribution in [2.75, 3.05) is 25.3 Å². The average Bonchev–Trinajstić information content (AvgIpc) is 2.97. The van der Waals surface area contributed by atoms with Crippen LogP contribution < -0.4 is 20.5 Å². The van der Waals surface area contributed by atoms with Crippen molar-refractivity contribution in [3.05, 3.63) is 40.9 Å². The molecule has 0 saturated carbocycles. The minimum Gasteiger partial charge on any atom is -0.497 e. The zero-order valence-electron chi connectivity index (χ0n) is 15.1. The maximum atomic E-state index is 12.7. The number of nitrogens with one attached hydrogen (secondary N) is 1. The number of nitrogens with zero attached hydrogens (tertiary/aromatic N) is 1. The Hall–Kier alpha value is -2.80. The van der Waals surface area contributed by atoms with Gasteiger partial charge in [-0.2, -0.15) is 0 Å². The Labute approximate surface area is 155 Å². The SMILES string of the molecule is COc1cc(NC(=O)c2sc3nc(C(C)C)ccc3c2N)cc(OC)c1. The molecule has 0 atom stereocenters. The smallest absolute Gasteiger partial charge is 0.267 e. The second kappa shape index (κ2) is 7.21. The Morgan fingerprint density at radius 1 is 1.15 bits per heavy atom. The van der Waals surface area contributed by atoms with Gasteiger partial charge in [-0.1, -0.05) is 13.8 Å². The Morgan fingerprint density at radius 2 is 1.81 bits per heavy atom. The lowest BCUT2D eigenvalue weighted by molar-refractivity contribution is 0.103. The van der Waals surface area contributed by atoms with E-state index in [0.29, 0.717) is 33.7 Å². The highest BCUT2D eigenvalue weighted by molar-refractivity contribution is 7.21. The number of carbonyl (C=O) groups excluding carboxylic acids is 1. The summed E-state index contributed by atoms with van der Waals surface area (Å²) in [4.78, 5) is 18.6. The largest absolute Gasteiger partial charge is 0.497 e. The van der Waals surface area contributed by atoms with Crippen molar-refractivity contribution < 1.29 is 14.3 Å². The molecule has 0 aliphatic rings. The first-order valence-corrected chi connectivity index (χ1v) is 8.98. The molecule has 7 heteroatoms. The molecule has 3 rings (SSSR count). The lowest BCUT2D eigenvalue weighted by atomic mass is 10.1. The van der Waals surface area contributed by atoms with Crippen molar-refractivity contribution in [2.45, 2.75) is 19.8 Å². The molecule has 26 heavy (non-hydrogen) atoms. The molecule has 0 bridgehead atoms. The van der Waals surface area contributed by atoms with Gasteiger partial charge in [-0.25, -0.2) is 4.98 Å². The monoisotopic (exact) mass is 371 g/mol. The standard InChI is InChI=1S/C19H21N3O3S/c1-10(2)15-6-5-14-16(20)17(26-19(14)22-15)18(23)21-11-7-12(24-3)9-13(8-11)25-4/h5-10H,20H2,1-4H3,(H,21,23). The summed E-state index contributed by atoms with van der Waals surface area (Å²) < 4.78 is 10.5. The van der Waals surface area contributed by atoms with E-state index >= 15 is 0 Å². The van der Waals surface area contributed by atoms with E-state index < -0.39 is 0 Å². The molecule has 0 radical (unpaired) electrons. The molecule has 2 heterocycles. The average molecular weight is 371 g/mol. The van der Waals surface area contributed by atoms with Gasteiger partial charge in [-0.3, -0.25) is 4.79 Å². The van der Waals surface area contributed by atoms with Gasteiger partial charge in [0.2, 0.25) is 0 Å². The van der Waals surface area contributed by atoms with Crippen LogP contribution in [0.1, 0.15) is 35.1 Å². The number of hydrogen-bond donors (Lipinski definition) is 2. The molecule has 1 aromatic carbocycles. The number of aromatic nitrogens is 1. The Bertz CT molecular complexity index is 944. The molecule has 0 aliphatic heterocycles. The third-order valence-corrected chi connectivity index (χ3v) is 5.14. The fraction of sp³-hybridized carbons (Fsp3) is 0.263. The fourth-order valence-electron chi connectivity index (χ4n) is 2.57. The third kappa shape index (κ3) is 3.43. The first-order valence-electron chi connectivity index (χ1n) is 8.16. The molecule has 6 nitrogen and oxygen atoms in total. The highest BCUT2D eigenvalue weighted by Crippen LogP contribution is 2.34. The molecule has 0 unspecified atom stereocenters. The van der Waals surface area contributed by atoms with Crippen LogP contribution in [0.5, 0.6) is 11.5 Å². The number of amides is 1. The Kier molecular flexibility index (Phi) is 4.99. The van der Waals surface area contributed by atoms with Crippen LogP contribution in [0.4, 0.5) is 11.4 Å². The number of thiophene rings is 1. The van der Waals surface area contributed by atoms with Gasteiger partial charge in [0.1, 0.15) is 21.2 Å². The van der Waals surface area contributed by atoms with Gasteiger partial charge in [0.05, 0.1) is 19.9 Å². The number of anilines is 2. The summed E-state index contributed by atoms with van der Waals surface area (Å²) in [5, 5.41) is 3.65. The van der Waals surface area contributed by atoms with Gasteiger partial charge >= 0.3 is 0 Å². The first-order chi connectivity index (χ1) is 12.4. The molecule has 3 aromatic rings. The highest BCUT2D eigenvalue weighted by atomic mass is 32.1. The third-order valence-electron chi connectivity index (χ3n) is 4.02. The molecule has 3 N–H and O–H groups in total. The molecular weight excluding hydrogens is 350 g/mol. The predicted octanol–water partition coefficient (Wildman–Crippen LogP) is 4.27. The summed E-state index contributed by atoms with van der Waals surface area (Å²) in [6.45, 7) is 4.16. The number of ether oxygens (including phenoxy) is 2. The summed E-state index contributed by atoms with van der Waals surface area (Å²) in [6.07, 6.45) is 0. The minimum absolute atomic E-state index is 0.285. The van der Waals surface area contributed by atoms with Crippen molar-refractivity contribution in [2.24, 2.45) is 0 Å². The van der Waals surface area contributed by atoms with Crippen LogP contribution in [0.15, 0.2) is 30.3 Å². The van der Waals surface area contributed by atoms with Crippen molar-refractivity contribution in [1.82, 2.24) is 4.98 Å². The normalized spacial score (nSPS) is 11.0. The number of pyridine rings is 1. The molecule has 1 amide bonds. The number of hydrogen-bond acceptors (Lipinski definition) is 6. The van der Waals surface area contributed by atoms with Crippen molar-refractivity contribution in [3.63, 3.8) is 0 Å². The maximum Gasteiger partial charge on any atom is 0.267 e. The fourth-order valence-corrected chi connectivity index (χ4v) is 3.57. The van der Waals surface area contributed by atoms with Gasteiger partial charge in [-0.15, -0.1) is 11.3 Å². The van der Waals surface area contributed by atoms with Gasteiger partial charge in [-0.05, 0) is 18.1 Å². The number of nitrogens with two attached hydrogens (primary N) is 1. The number of benzene rings is 1. The van der Waals surface area contributed by atoms with E-state index in [2.05, 4.69) is 24.1 Å². The van der Waals surface area contributed by atoms with Gasteiger partial charge in [0, 0.05) is 35.0 Å². The second-order valence-corrected chi connectivity index (χ2v) is 7.14. The van der Waals surface area contributed by atoms with Crippen LogP contribution in [-0.2, 0) is 0 Å². The predicted molar refractivity (Wildman–Crippen MR) is 106 cm³/mol. The lowest BCUT2D eigenvalue weighted by Crippen LogP contribution is -2.12. The van der Waals surface area contributed by atoms with E-state index in [4.69, 9.17) is 15.2 Å². The van der Waals surface area contributed by atoms with E-state index in [-0.39, 0.29) is 5.91 Å². The van der Waals surface area contributed by atoms with Crippen LogP contribution in [-0.4, -0.2) is 25.1 Å². The quantitative estimate of drug-likeness (QED) is 0.699. The van der Waals surface area contributed by atoms with Crippen LogP contribution in [0.3, 0.4) is 0 Å². The summed E-state index contributed by atoms with van der Waals surface area (Å²) in [7, 11) is 3.12. The zero-order valence-corrected chi connectivity index (χ0v) is 15.9. The number of rotatable bonds is 5. The van der Waals surface area contributed by atoms with E-state index in [0.717, 1.165) is 15.9 Å². The van der Waals surface area contributed by atoms with Gasteiger partial charge in [0.15, 0.2) is 0 Å². The van der Waals surface area contributed by atoms with Crippen molar-refractivity contribution >= 4 is 38.8 Å². The molecule has 136 valence electrons. The van der Waals surface area contributed by atoms with E-state index in [1.807, 2.05) is 12.1 Å². The van der Waals surface area contributed by atoms with Crippen LogP contribution in [0.2, 0.25) is 0 Å². The molecule has 2 aromatic heterocycles. The molecular formula is C19H21N3O3S. The first kappa shape index (κ1) is 18.0. The topological polar surface area (TPSA) is 86.5 Å². The number of methoxy groups -OCH3 is 2. The minimum atomic E-state index is -0.285. The maximum absolute atomic E-state index is 12.7. The highest BCUT2D eigenvalue weighted by Gasteiger charge is 2.18. The number of fused-ring (bicyclic) bond motifs is 1. The van der Waals surface area contributed by atoms with E-state index in [1.54, 1.807) is 32.4 Å². The zero-order chi connectivity index (χ0) is 18.8. The number of carbonyl (C=O) groups is 1. The summed E-state index contributed by atoms with van der Waals surface area (Å²) >= 11 is 1.29. The Balaban J connectivity index is 1.94. The lowest BCUT2D eigenvalue weighted by Gasteiger charge is -2.09. The summed E-state index contributed by atoms with van der Waals surface area (Å²) in [6, 6.07) is 9.05. The molecule has 0 aliphatic carbocycles. The van der Waals surface area contributed by atoms with Crippen molar-refractivity contribution in [1.29, 1.82) is 0 Å². The van der Waals surface area contributed by atoms with Gasteiger partial charge in [0.25, 0.3) is 5.91 Å². The Morgan fingerprint density at radius 3 is 2.38 bits per heavy atom.